The molecule has 40 heavy (non-hydrogen) atoms. The van der Waals surface area contributed by atoms with Crippen LogP contribution in [0.1, 0.15) is 50.9 Å². The molecular weight excluding hydrogens is 564 g/mol. The van der Waals surface area contributed by atoms with Crippen LogP contribution in [-0.2, 0) is 17.8 Å². The van der Waals surface area contributed by atoms with E-state index in [-0.39, 0.29) is 16.2 Å². The number of hydrogen-bond donors (Lipinski definition) is 2. The molecule has 9 nitrogen and oxygen atoms in total. The molecule has 2 aliphatic rings. The van der Waals surface area contributed by atoms with E-state index >= 15 is 0 Å². The molecule has 0 saturated carbocycles. The molecule has 12 heteroatoms. The van der Waals surface area contributed by atoms with Gasteiger partial charge in [-0.3, -0.25) is 9.38 Å². The van der Waals surface area contributed by atoms with Crippen molar-refractivity contribution in [2.45, 2.75) is 60.6 Å². The highest BCUT2D eigenvalue weighted by atomic mass is 35.5. The third-order valence-corrected chi connectivity index (χ3v) is 11.0. The Bertz CT molecular complexity index is 1530. The molecule has 2 N–H and O–H groups in total. The summed E-state index contributed by atoms with van der Waals surface area (Å²) < 4.78 is 18.4. The van der Waals surface area contributed by atoms with Crippen molar-refractivity contribution in [3.05, 3.63) is 65.5 Å². The van der Waals surface area contributed by atoms with Crippen LogP contribution in [0.25, 0.3) is 5.65 Å². The maximum Gasteiger partial charge on any atom is 0.211 e. The number of aromatic nitrogens is 5. The van der Waals surface area contributed by atoms with Crippen molar-refractivity contribution in [2.24, 2.45) is 5.41 Å². The molecule has 1 fully saturated rings. The van der Waals surface area contributed by atoms with E-state index in [9.17, 15) is 4.55 Å². The van der Waals surface area contributed by atoms with Gasteiger partial charge in [0, 0.05) is 78.5 Å². The molecule has 4 aromatic heterocycles. The third-order valence-electron chi connectivity index (χ3n) is 7.88. The summed E-state index contributed by atoms with van der Waals surface area (Å²) in [5.74, 6) is 1.51. The summed E-state index contributed by atoms with van der Waals surface area (Å²) in [7, 11) is 1.80. The average molecular weight is 597 g/mol. The van der Waals surface area contributed by atoms with Gasteiger partial charge in [0.2, 0.25) is 5.95 Å². The van der Waals surface area contributed by atoms with Crippen LogP contribution in [0.4, 0.5) is 11.8 Å². The minimum atomic E-state index is -1.18. The summed E-state index contributed by atoms with van der Waals surface area (Å²) in [5, 5.41) is 3.60. The summed E-state index contributed by atoms with van der Waals surface area (Å²) >= 11 is 6.92. The molecule has 0 radical (unpaired) electrons. The lowest BCUT2D eigenvalue weighted by atomic mass is 9.73. The van der Waals surface area contributed by atoms with Gasteiger partial charge in [-0.25, -0.2) is 15.0 Å². The molecule has 0 bridgehead atoms. The first-order valence-corrected chi connectivity index (χ1v) is 15.7. The second-order valence-corrected chi connectivity index (χ2v) is 14.8. The Hall–Kier alpha value is -2.57. The SMILES string of the molecule is CNc1nccc(Sc2cnc(N3CCC4(CC3)Cc3ncccc3C4N[S@+]([O-])C(C)(C)C)n3ccnc23)c1Cl. The zero-order valence-corrected chi connectivity index (χ0v) is 25.4. The quantitative estimate of drug-likeness (QED) is 0.287. The van der Waals surface area contributed by atoms with Crippen molar-refractivity contribution < 1.29 is 4.55 Å². The monoisotopic (exact) mass is 596 g/mol. The lowest BCUT2D eigenvalue weighted by Crippen LogP contribution is -2.50. The normalized spacial score (nSPS) is 19.2. The lowest BCUT2D eigenvalue weighted by molar-refractivity contribution is 0.175. The number of fused-ring (bicyclic) bond motifs is 2. The fraction of sp³-hybridized carbons (Fsp3) is 0.429. The van der Waals surface area contributed by atoms with Gasteiger partial charge in [0.15, 0.2) is 5.65 Å². The van der Waals surface area contributed by atoms with Crippen molar-refractivity contribution in [3.8, 4) is 0 Å². The third kappa shape index (κ3) is 4.92. The van der Waals surface area contributed by atoms with Crippen LogP contribution in [-0.4, -0.2) is 53.8 Å². The predicted octanol–water partition coefficient (Wildman–Crippen LogP) is 5.30. The molecule has 2 atom stereocenters. The van der Waals surface area contributed by atoms with Gasteiger partial charge in [-0.1, -0.05) is 29.4 Å². The second-order valence-electron chi connectivity index (χ2n) is 11.4. The molecular formula is C28H33ClN8OS2. The van der Waals surface area contributed by atoms with Crippen LogP contribution < -0.4 is 14.9 Å². The van der Waals surface area contributed by atoms with Gasteiger partial charge in [0.25, 0.3) is 0 Å². The molecule has 1 aliphatic carbocycles. The van der Waals surface area contributed by atoms with Crippen molar-refractivity contribution in [1.82, 2.24) is 29.1 Å². The van der Waals surface area contributed by atoms with Crippen molar-refractivity contribution in [3.63, 3.8) is 0 Å². The molecule has 0 amide bonds. The van der Waals surface area contributed by atoms with Crippen LogP contribution in [0.5, 0.6) is 0 Å². The van der Waals surface area contributed by atoms with E-state index in [0.717, 1.165) is 59.4 Å². The largest absolute Gasteiger partial charge is 0.598 e. The first-order chi connectivity index (χ1) is 19.2. The minimum absolute atomic E-state index is 0.00557. The molecule has 1 spiro atoms. The zero-order chi connectivity index (χ0) is 28.1. The van der Waals surface area contributed by atoms with E-state index in [4.69, 9.17) is 21.6 Å². The Morgan fingerprint density at radius 1 is 1.07 bits per heavy atom. The highest BCUT2D eigenvalue weighted by molar-refractivity contribution is 7.99. The van der Waals surface area contributed by atoms with Crippen molar-refractivity contribution in [1.29, 1.82) is 0 Å². The standard InChI is InChI=1S/C28H33ClN8OS2/c1-27(2,3)40(38)35-23-18-6-5-10-31-19(18)16-28(23)8-13-36(14-9-28)26-34-17-21(25-33-12-15-37(25)26)39-20-7-11-32-24(30-4)22(20)29/h5-7,10-12,15,17,23,35H,8-9,13-14,16H2,1-4H3,(H,30,32)/t23?,40-/m1/s1. The van der Waals surface area contributed by atoms with E-state index in [2.05, 4.69) is 35.4 Å². The van der Waals surface area contributed by atoms with E-state index in [1.54, 1.807) is 13.2 Å². The average Bonchev–Trinajstić information content (AvgIpc) is 3.54. The maximum atomic E-state index is 13.2. The minimum Gasteiger partial charge on any atom is -0.598 e. The number of nitrogens with zero attached hydrogens (tertiary/aromatic N) is 6. The highest BCUT2D eigenvalue weighted by Gasteiger charge is 2.51. The van der Waals surface area contributed by atoms with Gasteiger partial charge in [0.1, 0.15) is 10.6 Å². The fourth-order valence-corrected chi connectivity index (χ4v) is 7.87. The number of rotatable bonds is 6. The van der Waals surface area contributed by atoms with Crippen LogP contribution in [0.15, 0.2) is 59.0 Å². The number of anilines is 2. The summed E-state index contributed by atoms with van der Waals surface area (Å²) in [6, 6.07) is 6.03. The maximum absolute atomic E-state index is 13.2. The number of halogens is 1. The van der Waals surface area contributed by atoms with Crippen molar-refractivity contribution in [2.75, 3.05) is 30.4 Å². The molecule has 1 aliphatic heterocycles. The van der Waals surface area contributed by atoms with Crippen LogP contribution in [0, 0.1) is 5.41 Å². The first-order valence-electron chi connectivity index (χ1n) is 13.4. The summed E-state index contributed by atoms with van der Waals surface area (Å²) in [4.78, 5) is 22.7. The number of imidazole rings is 1. The Morgan fingerprint density at radius 2 is 1.88 bits per heavy atom. The Labute approximate surface area is 246 Å². The lowest BCUT2D eigenvalue weighted by Gasteiger charge is -2.44. The van der Waals surface area contributed by atoms with Gasteiger partial charge in [-0.15, -0.1) is 4.72 Å². The van der Waals surface area contributed by atoms with E-state index < -0.39 is 11.4 Å². The first kappa shape index (κ1) is 27.6. The van der Waals surface area contributed by atoms with Crippen LogP contribution >= 0.6 is 23.4 Å². The van der Waals surface area contributed by atoms with E-state index in [0.29, 0.717) is 10.8 Å². The number of hydrogen-bond acceptors (Lipinski definition) is 9. The van der Waals surface area contributed by atoms with Gasteiger partial charge < -0.3 is 14.8 Å². The number of piperidine rings is 1. The van der Waals surface area contributed by atoms with Gasteiger partial charge in [0.05, 0.1) is 16.0 Å². The van der Waals surface area contributed by atoms with E-state index in [1.165, 1.54) is 17.3 Å². The number of pyridine rings is 2. The second kappa shape index (κ2) is 10.7. The van der Waals surface area contributed by atoms with Gasteiger partial charge >= 0.3 is 0 Å². The van der Waals surface area contributed by atoms with Crippen LogP contribution in [0.2, 0.25) is 5.02 Å². The molecule has 1 unspecified atom stereocenters. The Kier molecular flexibility index (Phi) is 7.37. The van der Waals surface area contributed by atoms with Gasteiger partial charge in [-0.2, -0.15) is 0 Å². The van der Waals surface area contributed by atoms with Crippen molar-refractivity contribution >= 4 is 52.1 Å². The van der Waals surface area contributed by atoms with Crippen LogP contribution in [0.3, 0.4) is 0 Å². The molecule has 4 aromatic rings. The van der Waals surface area contributed by atoms with E-state index in [1.807, 2.05) is 57.7 Å². The highest BCUT2D eigenvalue weighted by Crippen LogP contribution is 2.52. The molecule has 210 valence electrons. The summed E-state index contributed by atoms with van der Waals surface area (Å²) in [6.45, 7) is 7.70. The number of nitrogens with one attached hydrogen (secondary N) is 2. The predicted molar refractivity (Wildman–Crippen MR) is 161 cm³/mol. The van der Waals surface area contributed by atoms with Gasteiger partial charge in [-0.05, 0) is 57.7 Å². The molecule has 0 aromatic carbocycles. The zero-order valence-electron chi connectivity index (χ0n) is 23.0. The fourth-order valence-electron chi connectivity index (χ4n) is 5.70. The molecule has 1 saturated heterocycles. The summed E-state index contributed by atoms with van der Waals surface area (Å²) in [5.41, 5.74) is 3.10. The Balaban J connectivity index is 1.25. The molecule has 6 rings (SSSR count). The Morgan fingerprint density at radius 3 is 2.62 bits per heavy atom. The smallest absolute Gasteiger partial charge is 0.211 e. The summed E-state index contributed by atoms with van der Waals surface area (Å²) in [6.07, 6.45) is 12.0. The molecule has 5 heterocycles. The topological polar surface area (TPSA) is 106 Å².